The Morgan fingerprint density at radius 3 is 2.40 bits per heavy atom. The Hall–Kier alpha value is -3.01. The van der Waals surface area contributed by atoms with E-state index in [-0.39, 0.29) is 11.9 Å². The van der Waals surface area contributed by atoms with Gasteiger partial charge in [0.25, 0.3) is 5.91 Å². The molecule has 0 aliphatic rings. The molecular formula is C21H21NO3. The third kappa shape index (κ3) is 3.58. The van der Waals surface area contributed by atoms with Crippen LogP contribution in [0.25, 0.3) is 10.8 Å². The van der Waals surface area contributed by atoms with E-state index in [9.17, 15) is 4.79 Å². The minimum absolute atomic E-state index is 0.121. The number of hydrogen-bond acceptors (Lipinski definition) is 3. The average Bonchev–Trinajstić information content (AvgIpc) is 2.66. The first-order chi connectivity index (χ1) is 12.1. The summed E-state index contributed by atoms with van der Waals surface area (Å²) in [6.45, 7) is 1.97. The summed E-state index contributed by atoms with van der Waals surface area (Å²) in [5, 5.41) is 5.37. The van der Waals surface area contributed by atoms with E-state index in [1.807, 2.05) is 25.1 Å². The number of fused-ring (bicyclic) bond motifs is 1. The molecule has 0 saturated carbocycles. The Bertz CT molecular complexity index is 905. The molecule has 0 saturated heterocycles. The lowest BCUT2D eigenvalue weighted by atomic mass is 10.0. The molecule has 3 rings (SSSR count). The van der Waals surface area contributed by atoms with Crippen molar-refractivity contribution < 1.29 is 14.3 Å². The van der Waals surface area contributed by atoms with E-state index >= 15 is 0 Å². The van der Waals surface area contributed by atoms with E-state index < -0.39 is 0 Å². The molecule has 0 aliphatic heterocycles. The first kappa shape index (κ1) is 16.8. The number of nitrogens with one attached hydrogen (secondary N) is 1. The number of benzene rings is 3. The average molecular weight is 335 g/mol. The van der Waals surface area contributed by atoms with Gasteiger partial charge in [0, 0.05) is 6.07 Å². The van der Waals surface area contributed by atoms with Crippen LogP contribution in [-0.2, 0) is 0 Å². The molecule has 0 spiro atoms. The van der Waals surface area contributed by atoms with Crippen molar-refractivity contribution in [1.29, 1.82) is 0 Å². The predicted octanol–water partition coefficient (Wildman–Crippen LogP) is 4.35. The number of carbonyl (C=O) groups excluding carboxylic acids is 1. The van der Waals surface area contributed by atoms with Gasteiger partial charge in [-0.2, -0.15) is 0 Å². The Balaban J connectivity index is 1.82. The van der Waals surface area contributed by atoms with Crippen molar-refractivity contribution >= 4 is 16.7 Å². The van der Waals surface area contributed by atoms with E-state index in [1.54, 1.807) is 25.3 Å². The van der Waals surface area contributed by atoms with Gasteiger partial charge in [0.2, 0.25) is 0 Å². The van der Waals surface area contributed by atoms with Crippen molar-refractivity contribution in [2.24, 2.45) is 0 Å². The van der Waals surface area contributed by atoms with Crippen molar-refractivity contribution in [2.45, 2.75) is 13.0 Å². The van der Waals surface area contributed by atoms with Crippen LogP contribution in [0, 0.1) is 0 Å². The molecule has 4 heteroatoms. The van der Waals surface area contributed by atoms with Crippen molar-refractivity contribution in [3.05, 3.63) is 71.8 Å². The normalized spacial score (nSPS) is 11.8. The van der Waals surface area contributed by atoms with Crippen LogP contribution in [0.4, 0.5) is 0 Å². The minimum atomic E-state index is -0.180. The van der Waals surface area contributed by atoms with Gasteiger partial charge in [0.05, 0.1) is 25.8 Å². The maximum atomic E-state index is 12.6. The highest BCUT2D eigenvalue weighted by Crippen LogP contribution is 2.26. The fraction of sp³-hybridized carbons (Fsp3) is 0.190. The van der Waals surface area contributed by atoms with Gasteiger partial charge in [-0.1, -0.05) is 36.4 Å². The van der Waals surface area contributed by atoms with Gasteiger partial charge in [-0.25, -0.2) is 0 Å². The quantitative estimate of drug-likeness (QED) is 0.754. The van der Waals surface area contributed by atoms with Crippen LogP contribution in [0.3, 0.4) is 0 Å². The van der Waals surface area contributed by atoms with E-state index in [2.05, 4.69) is 29.6 Å². The SMILES string of the molecule is COc1ccc(C(=O)NC(C)c2ccc3ccccc3c2)c(OC)c1. The molecule has 128 valence electrons. The van der Waals surface area contributed by atoms with Crippen LogP contribution in [-0.4, -0.2) is 20.1 Å². The first-order valence-electron chi connectivity index (χ1n) is 8.14. The molecule has 25 heavy (non-hydrogen) atoms. The number of amides is 1. The number of methoxy groups -OCH3 is 2. The summed E-state index contributed by atoms with van der Waals surface area (Å²) in [5.41, 5.74) is 1.54. The lowest BCUT2D eigenvalue weighted by Gasteiger charge is -2.17. The summed E-state index contributed by atoms with van der Waals surface area (Å²) in [6.07, 6.45) is 0. The number of ether oxygens (including phenoxy) is 2. The van der Waals surface area contributed by atoms with E-state index in [0.29, 0.717) is 17.1 Å². The molecule has 1 amide bonds. The third-order valence-electron chi connectivity index (χ3n) is 4.27. The maximum Gasteiger partial charge on any atom is 0.255 e. The lowest BCUT2D eigenvalue weighted by molar-refractivity contribution is 0.0937. The van der Waals surface area contributed by atoms with Crippen LogP contribution < -0.4 is 14.8 Å². The Kier molecular flexibility index (Phi) is 4.89. The van der Waals surface area contributed by atoms with Gasteiger partial charge in [-0.05, 0) is 41.5 Å². The Morgan fingerprint density at radius 2 is 1.68 bits per heavy atom. The van der Waals surface area contributed by atoms with Crippen LogP contribution in [0.5, 0.6) is 11.5 Å². The van der Waals surface area contributed by atoms with Gasteiger partial charge in [0.15, 0.2) is 0 Å². The number of carbonyl (C=O) groups is 1. The molecule has 0 aromatic heterocycles. The minimum Gasteiger partial charge on any atom is -0.497 e. The molecule has 0 bridgehead atoms. The number of hydrogen-bond donors (Lipinski definition) is 1. The molecule has 0 heterocycles. The first-order valence-corrected chi connectivity index (χ1v) is 8.14. The second-order valence-electron chi connectivity index (χ2n) is 5.87. The molecule has 0 fully saturated rings. The second kappa shape index (κ2) is 7.26. The monoisotopic (exact) mass is 335 g/mol. The van der Waals surface area contributed by atoms with Gasteiger partial charge < -0.3 is 14.8 Å². The molecule has 1 unspecified atom stereocenters. The molecular weight excluding hydrogens is 314 g/mol. The zero-order chi connectivity index (χ0) is 17.8. The molecule has 4 nitrogen and oxygen atoms in total. The summed E-state index contributed by atoms with van der Waals surface area (Å²) in [7, 11) is 3.12. The lowest BCUT2D eigenvalue weighted by Crippen LogP contribution is -2.27. The van der Waals surface area contributed by atoms with Gasteiger partial charge >= 0.3 is 0 Å². The summed E-state index contributed by atoms with van der Waals surface area (Å²) in [6, 6.07) is 19.4. The van der Waals surface area contributed by atoms with Crippen LogP contribution in [0.2, 0.25) is 0 Å². The molecule has 0 radical (unpaired) electrons. The summed E-state index contributed by atoms with van der Waals surface area (Å²) >= 11 is 0. The summed E-state index contributed by atoms with van der Waals surface area (Å²) < 4.78 is 10.5. The van der Waals surface area contributed by atoms with Crippen LogP contribution >= 0.6 is 0 Å². The van der Waals surface area contributed by atoms with E-state index in [4.69, 9.17) is 9.47 Å². The molecule has 3 aromatic rings. The Labute approximate surface area is 147 Å². The third-order valence-corrected chi connectivity index (χ3v) is 4.27. The molecule has 3 aromatic carbocycles. The van der Waals surface area contributed by atoms with E-state index in [0.717, 1.165) is 10.9 Å². The highest BCUT2D eigenvalue weighted by molar-refractivity contribution is 5.97. The number of rotatable bonds is 5. The zero-order valence-corrected chi connectivity index (χ0v) is 14.6. The highest BCUT2D eigenvalue weighted by atomic mass is 16.5. The van der Waals surface area contributed by atoms with Crippen molar-refractivity contribution in [3.8, 4) is 11.5 Å². The van der Waals surface area contributed by atoms with Crippen molar-refractivity contribution in [2.75, 3.05) is 14.2 Å². The largest absolute Gasteiger partial charge is 0.497 e. The van der Waals surface area contributed by atoms with E-state index in [1.165, 1.54) is 12.5 Å². The van der Waals surface area contributed by atoms with Crippen molar-refractivity contribution in [1.82, 2.24) is 5.32 Å². The smallest absolute Gasteiger partial charge is 0.255 e. The Morgan fingerprint density at radius 1 is 0.920 bits per heavy atom. The topological polar surface area (TPSA) is 47.6 Å². The fourth-order valence-electron chi connectivity index (χ4n) is 2.82. The van der Waals surface area contributed by atoms with Crippen LogP contribution in [0.15, 0.2) is 60.7 Å². The fourth-order valence-corrected chi connectivity index (χ4v) is 2.82. The van der Waals surface area contributed by atoms with Gasteiger partial charge in [0.1, 0.15) is 11.5 Å². The molecule has 1 atom stereocenters. The van der Waals surface area contributed by atoms with Gasteiger partial charge in [-0.15, -0.1) is 0 Å². The molecule has 0 aliphatic carbocycles. The van der Waals surface area contributed by atoms with Gasteiger partial charge in [-0.3, -0.25) is 4.79 Å². The summed E-state index contributed by atoms with van der Waals surface area (Å²) in [5.74, 6) is 0.957. The van der Waals surface area contributed by atoms with Crippen LogP contribution in [0.1, 0.15) is 28.9 Å². The predicted molar refractivity (Wildman–Crippen MR) is 99.4 cm³/mol. The highest BCUT2D eigenvalue weighted by Gasteiger charge is 2.16. The zero-order valence-electron chi connectivity index (χ0n) is 14.6. The standard InChI is InChI=1S/C21H21NO3/c1-14(16-9-8-15-6-4-5-7-17(15)12-16)22-21(23)19-11-10-18(24-2)13-20(19)25-3/h4-14H,1-3H3,(H,22,23). The van der Waals surface area contributed by atoms with Crippen molar-refractivity contribution in [3.63, 3.8) is 0 Å². The molecule has 1 N–H and O–H groups in total. The summed E-state index contributed by atoms with van der Waals surface area (Å²) in [4.78, 5) is 12.6. The maximum absolute atomic E-state index is 12.6. The second-order valence-corrected chi connectivity index (χ2v) is 5.87.